The highest BCUT2D eigenvalue weighted by molar-refractivity contribution is 7.16. The Labute approximate surface area is 190 Å². The quantitative estimate of drug-likeness (QED) is 0.576. The third-order valence-electron chi connectivity index (χ3n) is 5.96. The fraction of sp³-hybridized carbons (Fsp3) is 0.292. The first-order valence-electron chi connectivity index (χ1n) is 10.6. The lowest BCUT2D eigenvalue weighted by Gasteiger charge is -2.33. The highest BCUT2D eigenvalue weighted by atomic mass is 35.5. The van der Waals surface area contributed by atoms with Gasteiger partial charge in [-0.15, -0.1) is 11.3 Å². The van der Waals surface area contributed by atoms with Crippen molar-refractivity contribution >= 4 is 45.6 Å². The fourth-order valence-corrected chi connectivity index (χ4v) is 5.62. The van der Waals surface area contributed by atoms with Crippen LogP contribution in [0, 0.1) is 0 Å². The van der Waals surface area contributed by atoms with Gasteiger partial charge in [-0.1, -0.05) is 29.8 Å². The number of hydrogen-bond acceptors (Lipinski definition) is 4. The highest BCUT2D eigenvalue weighted by Crippen LogP contribution is 2.39. The first kappa shape index (κ1) is 20.2. The second kappa shape index (κ2) is 8.44. The minimum atomic E-state index is -0.257. The molecule has 1 aliphatic heterocycles. The average Bonchev–Trinajstić information content (AvgIpc) is 3.21. The summed E-state index contributed by atoms with van der Waals surface area (Å²) in [6, 6.07) is 14.9. The van der Waals surface area contributed by atoms with Crippen molar-refractivity contribution in [1.82, 2.24) is 4.98 Å². The number of nitrogens with zero attached hydrogens (tertiary/aromatic N) is 2. The van der Waals surface area contributed by atoms with Crippen LogP contribution in [0.5, 0.6) is 0 Å². The summed E-state index contributed by atoms with van der Waals surface area (Å²) < 4.78 is 0. The van der Waals surface area contributed by atoms with Crippen LogP contribution < -0.4 is 10.2 Å². The van der Waals surface area contributed by atoms with Gasteiger partial charge in [-0.05, 0) is 68.0 Å². The zero-order chi connectivity index (χ0) is 21.4. The third kappa shape index (κ3) is 3.98. The van der Waals surface area contributed by atoms with Crippen LogP contribution in [0.15, 0.2) is 48.5 Å². The minimum absolute atomic E-state index is 0.119. The van der Waals surface area contributed by atoms with Gasteiger partial charge in [0.1, 0.15) is 0 Å². The van der Waals surface area contributed by atoms with Crippen LogP contribution in [0.2, 0.25) is 5.02 Å². The Balaban J connectivity index is 1.38. The van der Waals surface area contributed by atoms with Crippen molar-refractivity contribution in [2.45, 2.75) is 38.0 Å². The molecular weight excluding hydrogens is 430 g/mol. The van der Waals surface area contributed by atoms with E-state index in [2.05, 4.69) is 11.4 Å². The molecule has 7 heteroatoms. The molecule has 5 rings (SSSR count). The monoisotopic (exact) mass is 451 g/mol. The largest absolute Gasteiger partial charge is 0.312 e. The number of hydrogen-bond donors (Lipinski definition) is 1. The number of anilines is 2. The molecule has 1 unspecified atom stereocenters. The van der Waals surface area contributed by atoms with Crippen molar-refractivity contribution in [3.63, 3.8) is 0 Å². The van der Waals surface area contributed by atoms with Gasteiger partial charge < -0.3 is 4.90 Å². The molecule has 3 aromatic rings. The maximum atomic E-state index is 13.6. The van der Waals surface area contributed by atoms with Gasteiger partial charge in [0, 0.05) is 27.7 Å². The van der Waals surface area contributed by atoms with Crippen LogP contribution in [0.1, 0.15) is 51.7 Å². The number of fused-ring (bicyclic) bond motifs is 2. The topological polar surface area (TPSA) is 62.3 Å². The van der Waals surface area contributed by atoms with E-state index in [1.165, 1.54) is 16.9 Å². The number of amides is 2. The second-order valence-electron chi connectivity index (χ2n) is 7.96. The number of nitrogens with one attached hydrogen (secondary N) is 1. The SMILES string of the molecule is O=C(Nc1nc2c(s1)CCCC2C(=O)N1CCCc2ccccc21)c1ccc(Cl)cc1. The number of carbonyl (C=O) groups excluding carboxylic acids is 2. The van der Waals surface area contributed by atoms with E-state index in [1.807, 2.05) is 23.1 Å². The molecule has 2 heterocycles. The van der Waals surface area contributed by atoms with Gasteiger partial charge in [0.15, 0.2) is 5.13 Å². The molecule has 2 aromatic carbocycles. The molecule has 158 valence electrons. The van der Waals surface area contributed by atoms with E-state index in [-0.39, 0.29) is 17.7 Å². The molecule has 1 atom stereocenters. The average molecular weight is 452 g/mol. The van der Waals surface area contributed by atoms with Crippen LogP contribution in [0.25, 0.3) is 0 Å². The summed E-state index contributed by atoms with van der Waals surface area (Å²) >= 11 is 7.38. The van der Waals surface area contributed by atoms with Crippen molar-refractivity contribution in [2.75, 3.05) is 16.8 Å². The number of benzene rings is 2. The van der Waals surface area contributed by atoms with Gasteiger partial charge in [-0.25, -0.2) is 4.98 Å². The summed E-state index contributed by atoms with van der Waals surface area (Å²) in [5.41, 5.74) is 3.61. The molecule has 0 radical (unpaired) electrons. The number of rotatable bonds is 3. The fourth-order valence-electron chi connectivity index (χ4n) is 4.43. The summed E-state index contributed by atoms with van der Waals surface area (Å²) in [5.74, 6) is -0.364. The number of thiazole rings is 1. The Morgan fingerprint density at radius 2 is 1.87 bits per heavy atom. The molecule has 31 heavy (non-hydrogen) atoms. The predicted octanol–water partition coefficient (Wildman–Crippen LogP) is 5.45. The maximum absolute atomic E-state index is 13.6. The summed E-state index contributed by atoms with van der Waals surface area (Å²) in [5, 5.41) is 4.02. The number of aromatic nitrogens is 1. The van der Waals surface area contributed by atoms with Crippen molar-refractivity contribution in [3.05, 3.63) is 75.3 Å². The van der Waals surface area contributed by atoms with E-state index in [0.29, 0.717) is 15.7 Å². The first-order valence-corrected chi connectivity index (χ1v) is 11.8. The molecule has 2 aliphatic rings. The summed E-state index contributed by atoms with van der Waals surface area (Å²) in [7, 11) is 0. The van der Waals surface area contributed by atoms with Crippen LogP contribution in [0.3, 0.4) is 0 Å². The zero-order valence-electron chi connectivity index (χ0n) is 16.9. The summed E-state index contributed by atoms with van der Waals surface area (Å²) in [6.45, 7) is 0.742. The number of aryl methyl sites for hydroxylation is 2. The molecule has 1 aliphatic carbocycles. The predicted molar refractivity (Wildman–Crippen MR) is 124 cm³/mol. The van der Waals surface area contributed by atoms with E-state index in [9.17, 15) is 9.59 Å². The zero-order valence-corrected chi connectivity index (χ0v) is 18.5. The standard InChI is InChI=1S/C24H22ClN3O2S/c25-17-12-10-16(11-13-17)22(29)27-24-26-21-18(7-3-9-20(21)31-24)23(30)28-14-4-6-15-5-1-2-8-19(15)28/h1-2,5,8,10-13,18H,3-4,6-7,9,14H2,(H,26,27,29). The number of carbonyl (C=O) groups is 2. The lowest BCUT2D eigenvalue weighted by Crippen LogP contribution is -2.39. The minimum Gasteiger partial charge on any atom is -0.312 e. The lowest BCUT2D eigenvalue weighted by atomic mass is 9.89. The van der Waals surface area contributed by atoms with E-state index >= 15 is 0 Å². The molecule has 0 saturated heterocycles. The molecule has 5 nitrogen and oxygen atoms in total. The molecule has 0 fully saturated rings. The van der Waals surface area contributed by atoms with Gasteiger partial charge in [0.25, 0.3) is 5.91 Å². The van der Waals surface area contributed by atoms with E-state index in [0.717, 1.165) is 54.9 Å². The van der Waals surface area contributed by atoms with Crippen molar-refractivity contribution in [3.8, 4) is 0 Å². The van der Waals surface area contributed by atoms with E-state index < -0.39 is 0 Å². The maximum Gasteiger partial charge on any atom is 0.257 e. The first-order chi connectivity index (χ1) is 15.1. The molecule has 1 N–H and O–H groups in total. The Morgan fingerprint density at radius 1 is 1.06 bits per heavy atom. The van der Waals surface area contributed by atoms with Crippen molar-refractivity contribution in [1.29, 1.82) is 0 Å². The van der Waals surface area contributed by atoms with Crippen LogP contribution in [0.4, 0.5) is 10.8 Å². The highest BCUT2D eigenvalue weighted by Gasteiger charge is 2.35. The molecule has 0 spiro atoms. The smallest absolute Gasteiger partial charge is 0.257 e. The Hall–Kier alpha value is -2.70. The second-order valence-corrected chi connectivity index (χ2v) is 9.48. The van der Waals surface area contributed by atoms with E-state index in [4.69, 9.17) is 16.6 Å². The Morgan fingerprint density at radius 3 is 2.71 bits per heavy atom. The third-order valence-corrected chi connectivity index (χ3v) is 7.25. The number of para-hydroxylation sites is 1. The van der Waals surface area contributed by atoms with Gasteiger partial charge in [0.2, 0.25) is 5.91 Å². The van der Waals surface area contributed by atoms with Gasteiger partial charge in [-0.2, -0.15) is 0 Å². The van der Waals surface area contributed by atoms with Gasteiger partial charge >= 0.3 is 0 Å². The number of halogens is 1. The van der Waals surface area contributed by atoms with Gasteiger partial charge in [-0.3, -0.25) is 14.9 Å². The van der Waals surface area contributed by atoms with Crippen molar-refractivity contribution < 1.29 is 9.59 Å². The molecule has 1 aromatic heterocycles. The van der Waals surface area contributed by atoms with Crippen LogP contribution >= 0.6 is 22.9 Å². The normalized spacial score (nSPS) is 17.6. The lowest BCUT2D eigenvalue weighted by molar-refractivity contribution is -0.120. The van der Waals surface area contributed by atoms with E-state index in [1.54, 1.807) is 24.3 Å². The Bertz CT molecular complexity index is 1140. The molecular formula is C24H22ClN3O2S. The van der Waals surface area contributed by atoms with Gasteiger partial charge in [0.05, 0.1) is 11.6 Å². The molecule has 0 bridgehead atoms. The molecule has 2 amide bonds. The summed E-state index contributed by atoms with van der Waals surface area (Å²) in [6.07, 6.45) is 4.61. The van der Waals surface area contributed by atoms with Crippen LogP contribution in [-0.4, -0.2) is 23.3 Å². The Kier molecular flexibility index (Phi) is 5.50. The van der Waals surface area contributed by atoms with Crippen LogP contribution in [-0.2, 0) is 17.6 Å². The van der Waals surface area contributed by atoms with Crippen molar-refractivity contribution in [2.24, 2.45) is 0 Å². The summed E-state index contributed by atoms with van der Waals surface area (Å²) in [4.78, 5) is 33.9. The molecule has 0 saturated carbocycles.